The molecule has 0 spiro atoms. The Morgan fingerprint density at radius 2 is 1.86 bits per heavy atom. The summed E-state index contributed by atoms with van der Waals surface area (Å²) in [5.41, 5.74) is 5.87. The minimum atomic E-state index is 0. The van der Waals surface area contributed by atoms with Gasteiger partial charge in [-0.3, -0.25) is 4.79 Å². The SMILES string of the molecule is CCCCN1CCC(NC(=O)C2CCC(N)C2)CC1.Cl.Cl. The molecule has 2 fully saturated rings. The molecule has 2 unspecified atom stereocenters. The molecule has 1 aliphatic heterocycles. The van der Waals surface area contributed by atoms with Gasteiger partial charge in [0.05, 0.1) is 0 Å². The summed E-state index contributed by atoms with van der Waals surface area (Å²) in [5, 5.41) is 3.24. The number of nitrogens with two attached hydrogens (primary N) is 1. The van der Waals surface area contributed by atoms with Crippen LogP contribution in [-0.2, 0) is 4.79 Å². The van der Waals surface area contributed by atoms with E-state index in [2.05, 4.69) is 17.1 Å². The summed E-state index contributed by atoms with van der Waals surface area (Å²) in [6.45, 7) is 5.72. The van der Waals surface area contributed by atoms with E-state index in [-0.39, 0.29) is 42.7 Å². The highest BCUT2D eigenvalue weighted by Gasteiger charge is 2.29. The van der Waals surface area contributed by atoms with Crippen LogP contribution in [0.1, 0.15) is 51.9 Å². The fourth-order valence-corrected chi connectivity index (χ4v) is 3.26. The lowest BCUT2D eigenvalue weighted by atomic mass is 10.0. The van der Waals surface area contributed by atoms with Crippen molar-refractivity contribution in [2.75, 3.05) is 19.6 Å². The number of carbonyl (C=O) groups excluding carboxylic acids is 1. The van der Waals surface area contributed by atoms with Gasteiger partial charge in [0.25, 0.3) is 0 Å². The second-order valence-electron chi connectivity index (χ2n) is 6.25. The Balaban J connectivity index is 0.00000200. The minimum absolute atomic E-state index is 0. The topological polar surface area (TPSA) is 58.4 Å². The van der Waals surface area contributed by atoms with Crippen LogP contribution in [0, 0.1) is 5.92 Å². The van der Waals surface area contributed by atoms with E-state index in [4.69, 9.17) is 5.73 Å². The molecular weight excluding hydrogens is 309 g/mol. The Kier molecular flexibility index (Phi) is 10.6. The van der Waals surface area contributed by atoms with E-state index in [1.54, 1.807) is 0 Å². The van der Waals surface area contributed by atoms with Crippen LogP contribution >= 0.6 is 24.8 Å². The van der Waals surface area contributed by atoms with Crippen molar-refractivity contribution >= 4 is 30.7 Å². The molecule has 6 heteroatoms. The van der Waals surface area contributed by atoms with Crippen molar-refractivity contribution in [2.45, 2.75) is 64.0 Å². The van der Waals surface area contributed by atoms with E-state index in [0.29, 0.717) is 6.04 Å². The number of hydrogen-bond acceptors (Lipinski definition) is 3. The number of hydrogen-bond donors (Lipinski definition) is 2. The van der Waals surface area contributed by atoms with Crippen LogP contribution < -0.4 is 11.1 Å². The zero-order valence-corrected chi connectivity index (χ0v) is 14.7. The molecule has 3 N–H and O–H groups in total. The van der Waals surface area contributed by atoms with Gasteiger partial charge in [-0.1, -0.05) is 13.3 Å². The van der Waals surface area contributed by atoms with Gasteiger partial charge in [0.2, 0.25) is 5.91 Å². The Bertz CT molecular complexity index is 297. The van der Waals surface area contributed by atoms with Gasteiger partial charge in [0.1, 0.15) is 0 Å². The van der Waals surface area contributed by atoms with Crippen molar-refractivity contribution in [1.82, 2.24) is 10.2 Å². The molecule has 2 aliphatic rings. The molecule has 0 radical (unpaired) electrons. The quantitative estimate of drug-likeness (QED) is 0.808. The fourth-order valence-electron chi connectivity index (χ4n) is 3.26. The first kappa shape index (κ1) is 21.0. The zero-order chi connectivity index (χ0) is 13.7. The van der Waals surface area contributed by atoms with Gasteiger partial charge in [-0.25, -0.2) is 0 Å². The number of nitrogens with one attached hydrogen (secondary N) is 1. The molecule has 0 aromatic carbocycles. The van der Waals surface area contributed by atoms with Gasteiger partial charge in [-0.15, -0.1) is 24.8 Å². The first-order valence-corrected chi connectivity index (χ1v) is 7.97. The Labute approximate surface area is 141 Å². The summed E-state index contributed by atoms with van der Waals surface area (Å²) in [7, 11) is 0. The first-order chi connectivity index (χ1) is 9.19. The monoisotopic (exact) mass is 339 g/mol. The van der Waals surface area contributed by atoms with Crippen molar-refractivity contribution in [3.63, 3.8) is 0 Å². The number of amides is 1. The number of nitrogens with zero attached hydrogens (tertiary/aromatic N) is 1. The molecule has 0 aromatic rings. The zero-order valence-electron chi connectivity index (χ0n) is 13.1. The van der Waals surface area contributed by atoms with Crippen molar-refractivity contribution in [1.29, 1.82) is 0 Å². The van der Waals surface area contributed by atoms with Crippen LogP contribution in [0.15, 0.2) is 0 Å². The third-order valence-corrected chi connectivity index (χ3v) is 4.61. The van der Waals surface area contributed by atoms with Crippen molar-refractivity contribution in [3.8, 4) is 0 Å². The standard InChI is InChI=1S/C15H29N3O.2ClH/c1-2-3-8-18-9-6-14(7-10-18)17-15(19)12-4-5-13(16)11-12;;/h12-14H,2-11,16H2,1H3,(H,17,19);2*1H. The molecule has 2 atom stereocenters. The van der Waals surface area contributed by atoms with Gasteiger partial charge in [0.15, 0.2) is 0 Å². The Morgan fingerprint density at radius 3 is 2.38 bits per heavy atom. The molecule has 2 rings (SSSR count). The Morgan fingerprint density at radius 1 is 1.19 bits per heavy atom. The van der Waals surface area contributed by atoms with Crippen LogP contribution in [0.2, 0.25) is 0 Å². The maximum absolute atomic E-state index is 12.1. The molecule has 1 saturated heterocycles. The van der Waals surface area contributed by atoms with E-state index >= 15 is 0 Å². The second kappa shape index (κ2) is 10.7. The molecule has 4 nitrogen and oxygen atoms in total. The van der Waals surface area contributed by atoms with Crippen molar-refractivity contribution in [2.24, 2.45) is 11.7 Å². The minimum Gasteiger partial charge on any atom is -0.353 e. The summed E-state index contributed by atoms with van der Waals surface area (Å²) in [5.74, 6) is 0.424. The third-order valence-electron chi connectivity index (χ3n) is 4.61. The largest absolute Gasteiger partial charge is 0.353 e. The Hall–Kier alpha value is -0.0300. The molecule has 1 amide bonds. The molecule has 21 heavy (non-hydrogen) atoms. The molecule has 1 heterocycles. The number of rotatable bonds is 5. The lowest BCUT2D eigenvalue weighted by molar-refractivity contribution is -0.125. The molecule has 1 saturated carbocycles. The molecule has 0 bridgehead atoms. The lowest BCUT2D eigenvalue weighted by Crippen LogP contribution is -2.46. The fraction of sp³-hybridized carbons (Fsp3) is 0.933. The molecule has 126 valence electrons. The van der Waals surface area contributed by atoms with Crippen LogP contribution in [0.4, 0.5) is 0 Å². The molecule has 1 aliphatic carbocycles. The number of halogens is 2. The normalized spacial score (nSPS) is 26.8. The van der Waals surface area contributed by atoms with Crippen LogP contribution in [-0.4, -0.2) is 42.5 Å². The van der Waals surface area contributed by atoms with E-state index in [0.717, 1.165) is 45.2 Å². The number of piperidine rings is 1. The lowest BCUT2D eigenvalue weighted by Gasteiger charge is -2.32. The van der Waals surface area contributed by atoms with Crippen LogP contribution in [0.25, 0.3) is 0 Å². The van der Waals surface area contributed by atoms with Crippen molar-refractivity contribution in [3.05, 3.63) is 0 Å². The maximum atomic E-state index is 12.1. The summed E-state index contributed by atoms with van der Waals surface area (Å²) in [6, 6.07) is 0.633. The predicted octanol–water partition coefficient (Wildman–Crippen LogP) is 2.34. The summed E-state index contributed by atoms with van der Waals surface area (Å²) in [4.78, 5) is 14.7. The first-order valence-electron chi connectivity index (χ1n) is 7.97. The highest BCUT2D eigenvalue weighted by atomic mass is 35.5. The average molecular weight is 340 g/mol. The third kappa shape index (κ3) is 6.72. The van der Waals surface area contributed by atoms with Gasteiger partial charge in [-0.05, 0) is 45.1 Å². The van der Waals surface area contributed by atoms with Crippen LogP contribution in [0.3, 0.4) is 0 Å². The number of unbranched alkanes of at least 4 members (excludes halogenated alkanes) is 1. The molecular formula is C15H31Cl2N3O. The number of carbonyl (C=O) groups is 1. The van der Waals surface area contributed by atoms with E-state index in [1.165, 1.54) is 19.4 Å². The van der Waals surface area contributed by atoms with Gasteiger partial charge < -0.3 is 16.0 Å². The smallest absolute Gasteiger partial charge is 0.223 e. The predicted molar refractivity (Wildman–Crippen MR) is 92.3 cm³/mol. The van der Waals surface area contributed by atoms with E-state index in [1.807, 2.05) is 0 Å². The summed E-state index contributed by atoms with van der Waals surface area (Å²) in [6.07, 6.45) is 7.62. The van der Waals surface area contributed by atoms with Gasteiger partial charge in [0, 0.05) is 31.1 Å². The summed E-state index contributed by atoms with van der Waals surface area (Å²) < 4.78 is 0. The van der Waals surface area contributed by atoms with Crippen LogP contribution in [0.5, 0.6) is 0 Å². The highest BCUT2D eigenvalue weighted by molar-refractivity contribution is 5.85. The average Bonchev–Trinajstić information content (AvgIpc) is 2.85. The second-order valence-corrected chi connectivity index (χ2v) is 6.25. The van der Waals surface area contributed by atoms with E-state index in [9.17, 15) is 4.79 Å². The van der Waals surface area contributed by atoms with Crippen molar-refractivity contribution < 1.29 is 4.79 Å². The van der Waals surface area contributed by atoms with E-state index < -0.39 is 0 Å². The van der Waals surface area contributed by atoms with Gasteiger partial charge in [-0.2, -0.15) is 0 Å². The number of likely N-dealkylation sites (tertiary alicyclic amines) is 1. The van der Waals surface area contributed by atoms with Gasteiger partial charge >= 0.3 is 0 Å². The highest BCUT2D eigenvalue weighted by Crippen LogP contribution is 2.24. The maximum Gasteiger partial charge on any atom is 0.223 e. The molecule has 0 aromatic heterocycles. The summed E-state index contributed by atoms with van der Waals surface area (Å²) >= 11 is 0.